The number of hydroxylamine groups is 2. The molecule has 1 atom stereocenters. The third-order valence-corrected chi connectivity index (χ3v) is 3.77. The number of rotatable bonds is 3. The van der Waals surface area contributed by atoms with Gasteiger partial charge in [0.25, 0.3) is 0 Å². The third kappa shape index (κ3) is 3.11. The molecule has 1 saturated heterocycles. The van der Waals surface area contributed by atoms with Gasteiger partial charge in [-0.1, -0.05) is 30.3 Å². The van der Waals surface area contributed by atoms with Crippen molar-refractivity contribution in [2.24, 2.45) is 0 Å². The maximum atomic E-state index is 5.94. The fourth-order valence-electron chi connectivity index (χ4n) is 2.70. The molecule has 0 radical (unpaired) electrons. The van der Waals surface area contributed by atoms with E-state index < -0.39 is 0 Å². The highest BCUT2D eigenvalue weighted by molar-refractivity contribution is 5.41. The second-order valence-electron chi connectivity index (χ2n) is 5.30. The van der Waals surface area contributed by atoms with Crippen molar-refractivity contribution >= 4 is 5.69 Å². The van der Waals surface area contributed by atoms with E-state index in [4.69, 9.17) is 10.6 Å². The fourth-order valence-corrected chi connectivity index (χ4v) is 2.70. The monoisotopic (exact) mass is 268 g/mol. The Balaban J connectivity index is 1.65. The first-order valence-electron chi connectivity index (χ1n) is 7.15. The molecule has 20 heavy (non-hydrogen) atoms. The molecule has 0 aromatic heterocycles. The molecule has 1 heterocycles. The third-order valence-electron chi connectivity index (χ3n) is 3.77. The van der Waals surface area contributed by atoms with Crippen LogP contribution in [0.2, 0.25) is 0 Å². The smallest absolute Gasteiger partial charge is 0.147 e. The van der Waals surface area contributed by atoms with Crippen molar-refractivity contribution in [3.8, 4) is 5.75 Å². The Morgan fingerprint density at radius 3 is 2.50 bits per heavy atom. The predicted molar refractivity (Wildman–Crippen MR) is 81.5 cm³/mol. The van der Waals surface area contributed by atoms with E-state index in [2.05, 4.69) is 35.4 Å². The van der Waals surface area contributed by atoms with Gasteiger partial charge in [0.15, 0.2) is 0 Å². The molecule has 1 fully saturated rings. The molecule has 0 saturated carbocycles. The van der Waals surface area contributed by atoms with Crippen LogP contribution >= 0.6 is 0 Å². The molecule has 3 heteroatoms. The van der Waals surface area contributed by atoms with Crippen molar-refractivity contribution in [2.45, 2.75) is 18.8 Å². The van der Waals surface area contributed by atoms with Gasteiger partial charge in [-0.2, -0.15) is 0 Å². The van der Waals surface area contributed by atoms with Crippen molar-refractivity contribution in [2.75, 3.05) is 18.8 Å². The highest BCUT2D eigenvalue weighted by Gasteiger charge is 2.22. The van der Waals surface area contributed by atoms with Gasteiger partial charge in [0.05, 0.1) is 0 Å². The van der Waals surface area contributed by atoms with Gasteiger partial charge in [0, 0.05) is 18.8 Å². The van der Waals surface area contributed by atoms with Gasteiger partial charge in [-0.15, -0.1) is 5.06 Å². The van der Waals surface area contributed by atoms with Gasteiger partial charge in [0.2, 0.25) is 0 Å². The van der Waals surface area contributed by atoms with Crippen molar-refractivity contribution in [1.29, 1.82) is 0 Å². The van der Waals surface area contributed by atoms with Crippen molar-refractivity contribution in [1.82, 2.24) is 5.06 Å². The Morgan fingerprint density at radius 2 is 1.75 bits per heavy atom. The van der Waals surface area contributed by atoms with Crippen LogP contribution in [0.25, 0.3) is 0 Å². The summed E-state index contributed by atoms with van der Waals surface area (Å²) >= 11 is 0. The molecule has 1 aliphatic rings. The summed E-state index contributed by atoms with van der Waals surface area (Å²) in [4.78, 5) is 5.94. The molecule has 0 bridgehead atoms. The minimum atomic E-state index is 0.554. The zero-order valence-corrected chi connectivity index (χ0v) is 11.5. The van der Waals surface area contributed by atoms with E-state index in [1.807, 2.05) is 24.3 Å². The summed E-state index contributed by atoms with van der Waals surface area (Å²) < 4.78 is 0. The van der Waals surface area contributed by atoms with Crippen LogP contribution in [0.4, 0.5) is 5.69 Å². The average Bonchev–Trinajstić information content (AvgIpc) is 2.51. The first-order chi connectivity index (χ1) is 9.81. The molecular formula is C17H20N2O. The normalized spacial score (nSPS) is 19.7. The lowest BCUT2D eigenvalue weighted by Crippen LogP contribution is -2.36. The van der Waals surface area contributed by atoms with Crippen LogP contribution in [0.5, 0.6) is 5.75 Å². The topological polar surface area (TPSA) is 38.5 Å². The lowest BCUT2D eigenvalue weighted by atomic mass is 9.92. The number of nitrogens with two attached hydrogens (primary N) is 1. The molecule has 2 aromatic rings. The van der Waals surface area contributed by atoms with E-state index in [0.717, 1.165) is 30.9 Å². The van der Waals surface area contributed by atoms with Crippen LogP contribution in [0.3, 0.4) is 0 Å². The molecule has 1 unspecified atom stereocenters. The van der Waals surface area contributed by atoms with Crippen LogP contribution in [0.1, 0.15) is 24.3 Å². The van der Waals surface area contributed by atoms with Crippen molar-refractivity contribution in [3.05, 3.63) is 60.2 Å². The lowest BCUT2D eigenvalue weighted by Gasteiger charge is -2.32. The molecule has 3 nitrogen and oxygen atoms in total. The Hall–Kier alpha value is -2.00. The number of hydrogen-bond acceptors (Lipinski definition) is 3. The van der Waals surface area contributed by atoms with Gasteiger partial charge >= 0.3 is 0 Å². The van der Waals surface area contributed by atoms with Crippen LogP contribution in [-0.2, 0) is 0 Å². The average molecular weight is 268 g/mol. The van der Waals surface area contributed by atoms with Gasteiger partial charge in [-0.05, 0) is 48.6 Å². The largest absolute Gasteiger partial charge is 0.406 e. The molecular weight excluding hydrogens is 248 g/mol. The van der Waals surface area contributed by atoms with Crippen molar-refractivity contribution < 1.29 is 4.84 Å². The van der Waals surface area contributed by atoms with E-state index in [1.54, 1.807) is 0 Å². The van der Waals surface area contributed by atoms with E-state index in [1.165, 1.54) is 12.0 Å². The summed E-state index contributed by atoms with van der Waals surface area (Å²) in [7, 11) is 0. The highest BCUT2D eigenvalue weighted by atomic mass is 16.7. The lowest BCUT2D eigenvalue weighted by molar-refractivity contribution is -0.0779. The Labute approximate surface area is 119 Å². The minimum absolute atomic E-state index is 0.554. The first-order valence-corrected chi connectivity index (χ1v) is 7.15. The van der Waals surface area contributed by atoms with E-state index in [9.17, 15) is 0 Å². The second kappa shape index (κ2) is 5.97. The predicted octanol–water partition coefficient (Wildman–Crippen LogP) is 3.44. The summed E-state index contributed by atoms with van der Waals surface area (Å²) in [6.07, 6.45) is 2.39. The van der Waals surface area contributed by atoms with Gasteiger partial charge < -0.3 is 10.6 Å². The van der Waals surface area contributed by atoms with Gasteiger partial charge in [0.1, 0.15) is 5.75 Å². The Bertz CT molecular complexity index is 539. The minimum Gasteiger partial charge on any atom is -0.406 e. The van der Waals surface area contributed by atoms with Gasteiger partial charge in [-0.3, -0.25) is 0 Å². The maximum absolute atomic E-state index is 5.94. The maximum Gasteiger partial charge on any atom is 0.147 e. The number of anilines is 1. The molecule has 3 rings (SSSR count). The number of nitrogens with zero attached hydrogens (tertiary/aromatic N) is 1. The highest BCUT2D eigenvalue weighted by Crippen LogP contribution is 2.27. The van der Waals surface area contributed by atoms with Crippen LogP contribution in [-0.4, -0.2) is 18.2 Å². The summed E-state index contributed by atoms with van der Waals surface area (Å²) in [5.74, 6) is 1.41. The zero-order valence-electron chi connectivity index (χ0n) is 11.5. The molecule has 0 aliphatic carbocycles. The summed E-state index contributed by atoms with van der Waals surface area (Å²) in [5.41, 5.74) is 7.85. The van der Waals surface area contributed by atoms with E-state index in [-0.39, 0.29) is 0 Å². The molecule has 0 amide bonds. The second-order valence-corrected chi connectivity index (χ2v) is 5.30. The number of hydrogen-bond donors (Lipinski definition) is 1. The molecule has 1 aliphatic heterocycles. The van der Waals surface area contributed by atoms with Crippen LogP contribution in [0.15, 0.2) is 54.6 Å². The molecule has 104 valence electrons. The summed E-state index contributed by atoms with van der Waals surface area (Å²) in [6, 6.07) is 18.3. The summed E-state index contributed by atoms with van der Waals surface area (Å²) in [5, 5.41) is 2.06. The SMILES string of the molecule is Nc1ccc(ON2CCCC(c3ccccc3)C2)cc1. The number of piperidine rings is 1. The standard InChI is InChI=1S/C17H20N2O/c18-16-8-10-17(11-9-16)20-19-12-4-7-15(13-19)14-5-2-1-3-6-14/h1-3,5-6,8-11,15H,4,7,12-13,18H2. The fraction of sp³-hybridized carbons (Fsp3) is 0.294. The summed E-state index contributed by atoms with van der Waals surface area (Å²) in [6.45, 7) is 1.92. The first kappa shape index (κ1) is 13.0. The van der Waals surface area contributed by atoms with E-state index >= 15 is 0 Å². The molecule has 2 aromatic carbocycles. The Morgan fingerprint density at radius 1 is 1.00 bits per heavy atom. The van der Waals surface area contributed by atoms with Crippen molar-refractivity contribution in [3.63, 3.8) is 0 Å². The quantitative estimate of drug-likeness (QED) is 0.867. The zero-order chi connectivity index (χ0) is 13.8. The number of nitrogen functional groups attached to an aromatic ring is 1. The molecule has 0 spiro atoms. The van der Waals surface area contributed by atoms with Gasteiger partial charge in [-0.25, -0.2) is 0 Å². The molecule has 2 N–H and O–H groups in total. The van der Waals surface area contributed by atoms with Crippen LogP contribution in [0, 0.1) is 0 Å². The number of benzene rings is 2. The Kier molecular flexibility index (Phi) is 3.88. The van der Waals surface area contributed by atoms with E-state index in [0.29, 0.717) is 5.92 Å². The van der Waals surface area contributed by atoms with Crippen LogP contribution < -0.4 is 10.6 Å².